The quantitative estimate of drug-likeness (QED) is 0.763. The first-order chi connectivity index (χ1) is 13.2. The molecule has 1 aromatic rings. The molecule has 4 heterocycles. The smallest absolute Gasteiger partial charge is 0.239 e. The largest absolute Gasteiger partial charge is 0.350 e. The van der Waals surface area contributed by atoms with Crippen molar-refractivity contribution in [1.82, 2.24) is 19.8 Å². The third-order valence-electron chi connectivity index (χ3n) is 5.94. The van der Waals surface area contributed by atoms with Crippen LogP contribution in [-0.4, -0.2) is 90.5 Å². The fourth-order valence-electron chi connectivity index (χ4n) is 4.23. The highest BCUT2D eigenvalue weighted by Gasteiger charge is 2.35. The topological polar surface area (TPSA) is 71.0 Å². The highest BCUT2D eigenvalue weighted by atomic mass is 16.7. The third kappa shape index (κ3) is 4.23. The Kier molecular flexibility index (Phi) is 5.85. The Morgan fingerprint density at radius 3 is 2.30 bits per heavy atom. The van der Waals surface area contributed by atoms with Crippen molar-refractivity contribution in [3.63, 3.8) is 0 Å². The number of piperidine rings is 1. The molecule has 148 valence electrons. The minimum absolute atomic E-state index is 0.0357. The van der Waals surface area contributed by atoms with Crippen LogP contribution >= 0.6 is 0 Å². The second-order valence-corrected chi connectivity index (χ2v) is 7.52. The fraction of sp³-hybridized carbons (Fsp3) is 0.737. The van der Waals surface area contributed by atoms with Gasteiger partial charge in [-0.15, -0.1) is 0 Å². The number of piperazine rings is 1. The van der Waals surface area contributed by atoms with E-state index in [4.69, 9.17) is 9.47 Å². The van der Waals surface area contributed by atoms with Crippen LogP contribution in [-0.2, 0) is 14.3 Å². The molecular weight excluding hydrogens is 346 g/mol. The maximum atomic E-state index is 13.0. The van der Waals surface area contributed by atoms with Crippen molar-refractivity contribution in [3.05, 3.63) is 18.5 Å². The van der Waals surface area contributed by atoms with Gasteiger partial charge >= 0.3 is 0 Å². The molecule has 0 bridgehead atoms. The number of aromatic nitrogens is 2. The Labute approximate surface area is 160 Å². The van der Waals surface area contributed by atoms with Crippen molar-refractivity contribution >= 4 is 11.9 Å². The molecule has 3 saturated heterocycles. The zero-order chi connectivity index (χ0) is 18.6. The van der Waals surface area contributed by atoms with E-state index in [9.17, 15) is 4.79 Å². The Morgan fingerprint density at radius 2 is 1.67 bits per heavy atom. The van der Waals surface area contributed by atoms with E-state index >= 15 is 0 Å². The van der Waals surface area contributed by atoms with Gasteiger partial charge in [0.2, 0.25) is 11.9 Å². The standard InChI is InChI=1S/C19H29N5O3/c1-15(22-7-3-16(4-8-22)18-26-13-14-27-18)17(25)23-9-11-24(12-10-23)19-20-5-2-6-21-19/h2,5-6,15-16,18H,3-4,7-14H2,1H3. The maximum Gasteiger partial charge on any atom is 0.239 e. The molecule has 3 aliphatic rings. The molecule has 0 saturated carbocycles. The van der Waals surface area contributed by atoms with E-state index in [1.54, 1.807) is 12.4 Å². The molecule has 3 fully saturated rings. The van der Waals surface area contributed by atoms with Crippen molar-refractivity contribution in [2.45, 2.75) is 32.1 Å². The van der Waals surface area contributed by atoms with E-state index in [-0.39, 0.29) is 18.2 Å². The lowest BCUT2D eigenvalue weighted by Crippen LogP contribution is -2.55. The van der Waals surface area contributed by atoms with Gasteiger partial charge in [0.1, 0.15) is 0 Å². The van der Waals surface area contributed by atoms with Crippen molar-refractivity contribution in [2.75, 3.05) is 57.4 Å². The molecule has 0 aliphatic carbocycles. The SMILES string of the molecule is CC(C(=O)N1CCN(c2ncccn2)CC1)N1CCC(C2OCCO2)CC1. The van der Waals surface area contributed by atoms with Gasteiger partial charge in [-0.25, -0.2) is 9.97 Å². The summed E-state index contributed by atoms with van der Waals surface area (Å²) in [6, 6.07) is 1.75. The lowest BCUT2D eigenvalue weighted by molar-refractivity contribution is -0.138. The Bertz CT molecular complexity index is 609. The predicted molar refractivity (Wildman–Crippen MR) is 100 cm³/mol. The summed E-state index contributed by atoms with van der Waals surface area (Å²) in [5.74, 6) is 1.44. The summed E-state index contributed by atoms with van der Waals surface area (Å²) >= 11 is 0. The van der Waals surface area contributed by atoms with E-state index < -0.39 is 0 Å². The first-order valence-electron chi connectivity index (χ1n) is 10.0. The number of carbonyl (C=O) groups excluding carboxylic acids is 1. The summed E-state index contributed by atoms with van der Waals surface area (Å²) in [4.78, 5) is 28.0. The number of amides is 1. The van der Waals surface area contributed by atoms with Crippen LogP contribution < -0.4 is 4.90 Å². The van der Waals surface area contributed by atoms with Gasteiger partial charge in [0.15, 0.2) is 6.29 Å². The van der Waals surface area contributed by atoms with Gasteiger partial charge in [0, 0.05) is 44.5 Å². The van der Waals surface area contributed by atoms with Crippen LogP contribution in [0.3, 0.4) is 0 Å². The lowest BCUT2D eigenvalue weighted by Gasteiger charge is -2.40. The van der Waals surface area contributed by atoms with Gasteiger partial charge in [0.25, 0.3) is 0 Å². The van der Waals surface area contributed by atoms with Crippen LogP contribution in [0.25, 0.3) is 0 Å². The highest BCUT2D eigenvalue weighted by Crippen LogP contribution is 2.27. The Morgan fingerprint density at radius 1 is 1.04 bits per heavy atom. The van der Waals surface area contributed by atoms with E-state index in [1.165, 1.54) is 0 Å². The van der Waals surface area contributed by atoms with Crippen LogP contribution in [0.2, 0.25) is 0 Å². The molecule has 1 aromatic heterocycles. The predicted octanol–water partition coefficient (Wildman–Crippen LogP) is 0.599. The van der Waals surface area contributed by atoms with Gasteiger partial charge in [-0.3, -0.25) is 9.69 Å². The van der Waals surface area contributed by atoms with E-state index in [0.717, 1.165) is 58.1 Å². The van der Waals surface area contributed by atoms with E-state index in [2.05, 4.69) is 19.8 Å². The average molecular weight is 375 g/mol. The summed E-state index contributed by atoms with van der Waals surface area (Å²) in [6.07, 6.45) is 5.54. The molecule has 0 N–H and O–H groups in total. The fourth-order valence-corrected chi connectivity index (χ4v) is 4.23. The Hall–Kier alpha value is -1.77. The summed E-state index contributed by atoms with van der Waals surface area (Å²) in [5.41, 5.74) is 0. The number of hydrogen-bond donors (Lipinski definition) is 0. The van der Waals surface area contributed by atoms with Crippen LogP contribution in [0, 0.1) is 5.92 Å². The summed E-state index contributed by atoms with van der Waals surface area (Å²) < 4.78 is 11.3. The molecule has 1 atom stereocenters. The van der Waals surface area contributed by atoms with Gasteiger partial charge in [0.05, 0.1) is 19.3 Å². The number of carbonyl (C=O) groups is 1. The number of nitrogens with zero attached hydrogens (tertiary/aromatic N) is 5. The maximum absolute atomic E-state index is 13.0. The molecule has 8 heteroatoms. The number of ether oxygens (including phenoxy) is 2. The third-order valence-corrected chi connectivity index (χ3v) is 5.94. The summed E-state index contributed by atoms with van der Waals surface area (Å²) in [6.45, 7) is 8.32. The number of hydrogen-bond acceptors (Lipinski definition) is 7. The van der Waals surface area contributed by atoms with Gasteiger partial charge in [-0.1, -0.05) is 0 Å². The van der Waals surface area contributed by atoms with Gasteiger partial charge in [-0.05, 0) is 38.9 Å². The number of rotatable bonds is 4. The van der Waals surface area contributed by atoms with Crippen LogP contribution in [0.5, 0.6) is 0 Å². The molecule has 4 rings (SSSR count). The van der Waals surface area contributed by atoms with Crippen molar-refractivity contribution in [3.8, 4) is 0 Å². The van der Waals surface area contributed by atoms with Gasteiger partial charge in [-0.2, -0.15) is 0 Å². The molecule has 0 spiro atoms. The second kappa shape index (κ2) is 8.50. The number of likely N-dealkylation sites (tertiary alicyclic amines) is 1. The minimum atomic E-state index is -0.0732. The van der Waals surface area contributed by atoms with E-state index in [1.807, 2.05) is 17.9 Å². The second-order valence-electron chi connectivity index (χ2n) is 7.52. The zero-order valence-corrected chi connectivity index (χ0v) is 16.0. The van der Waals surface area contributed by atoms with E-state index in [0.29, 0.717) is 19.1 Å². The number of anilines is 1. The molecule has 1 amide bonds. The minimum Gasteiger partial charge on any atom is -0.350 e. The van der Waals surface area contributed by atoms with Crippen LogP contribution in [0.4, 0.5) is 5.95 Å². The van der Waals surface area contributed by atoms with Crippen molar-refractivity contribution in [2.24, 2.45) is 5.92 Å². The normalized spacial score (nSPS) is 24.3. The molecule has 1 unspecified atom stereocenters. The first kappa shape index (κ1) is 18.6. The lowest BCUT2D eigenvalue weighted by atomic mass is 9.95. The van der Waals surface area contributed by atoms with Crippen LogP contribution in [0.1, 0.15) is 19.8 Å². The Balaban J connectivity index is 1.25. The van der Waals surface area contributed by atoms with Crippen LogP contribution in [0.15, 0.2) is 18.5 Å². The molecule has 27 heavy (non-hydrogen) atoms. The monoisotopic (exact) mass is 375 g/mol. The summed E-state index contributed by atoms with van der Waals surface area (Å²) in [7, 11) is 0. The van der Waals surface area contributed by atoms with Crippen molar-refractivity contribution < 1.29 is 14.3 Å². The molecular formula is C19H29N5O3. The molecule has 3 aliphatic heterocycles. The molecule has 8 nitrogen and oxygen atoms in total. The molecule has 0 radical (unpaired) electrons. The highest BCUT2D eigenvalue weighted by molar-refractivity contribution is 5.81. The van der Waals surface area contributed by atoms with Crippen molar-refractivity contribution in [1.29, 1.82) is 0 Å². The van der Waals surface area contributed by atoms with Gasteiger partial charge < -0.3 is 19.3 Å². The zero-order valence-electron chi connectivity index (χ0n) is 16.0. The summed E-state index contributed by atoms with van der Waals surface area (Å²) in [5, 5.41) is 0. The first-order valence-corrected chi connectivity index (χ1v) is 10.0. The molecule has 0 aromatic carbocycles. The average Bonchev–Trinajstić information content (AvgIpc) is 3.28.